The highest BCUT2D eigenvalue weighted by atomic mass is 16.7. The van der Waals surface area contributed by atoms with Crippen LogP contribution in [0, 0.1) is 34.5 Å². The standard InChI is InChI=1S/C44H65BN4O8/c1-42(2,3)26-54-40(52)47-37(28-15-8-7-9-16-28)39(51)49-25-32(55-41(53)48-23-29-17-10-11-18-30(29)24-48)22-33(49)38(50)46-36(19-27-13-12-14-27)45-56-35-21-31-20-34(43(31,4)5)44(35,6)57-45/h10-11,17-18,27-28,31-37H,7-9,12-16,19-26H2,1-6H3,(H,46,50)(H,47,52)/t31-,32?,33?,34-,35+,36?,37?,44-/m0/s1. The van der Waals surface area contributed by atoms with Gasteiger partial charge in [0.25, 0.3) is 0 Å². The number of amides is 4. The highest BCUT2D eigenvalue weighted by Gasteiger charge is 2.68. The largest absolute Gasteiger partial charge is 0.481 e. The van der Waals surface area contributed by atoms with Gasteiger partial charge in [0.2, 0.25) is 11.8 Å². The van der Waals surface area contributed by atoms with Crippen LogP contribution in [-0.2, 0) is 41.5 Å². The molecule has 2 saturated heterocycles. The number of hydrogen-bond donors (Lipinski definition) is 2. The molecule has 0 radical (unpaired) electrons. The van der Waals surface area contributed by atoms with Crippen molar-refractivity contribution in [3.63, 3.8) is 0 Å². The predicted octanol–water partition coefficient (Wildman–Crippen LogP) is 6.77. The first-order valence-corrected chi connectivity index (χ1v) is 22.0. The van der Waals surface area contributed by atoms with Crippen molar-refractivity contribution < 1.29 is 38.0 Å². The minimum Gasteiger partial charge on any atom is -0.449 e. The molecule has 1 aromatic carbocycles. The monoisotopic (exact) mass is 788 g/mol. The Bertz CT molecular complexity index is 1670. The zero-order chi connectivity index (χ0) is 40.3. The summed E-state index contributed by atoms with van der Waals surface area (Å²) >= 11 is 0. The van der Waals surface area contributed by atoms with Gasteiger partial charge in [0.1, 0.15) is 18.2 Å². The molecule has 13 heteroatoms. The van der Waals surface area contributed by atoms with Crippen LogP contribution in [0.15, 0.2) is 24.3 Å². The molecule has 1 aromatic rings. The van der Waals surface area contributed by atoms with Crippen molar-refractivity contribution in [3.05, 3.63) is 35.4 Å². The highest BCUT2D eigenvalue weighted by molar-refractivity contribution is 6.48. The number of alkyl carbamates (subject to hydrolysis) is 1. The number of ether oxygens (including phenoxy) is 2. The van der Waals surface area contributed by atoms with Gasteiger partial charge in [-0.1, -0.05) is 97.4 Å². The average molecular weight is 789 g/mol. The SMILES string of the molecule is CC(C)(C)COC(=O)NC(C(=O)N1CC(OC(=O)N2Cc3ccccc3C2)CC1C(=O)NC(CC1CCC1)B1O[C@@H]2C[C@@H]3C[C@@H](C3(C)C)[C@]2(C)O1)C1CCCCC1. The van der Waals surface area contributed by atoms with Crippen molar-refractivity contribution in [1.82, 2.24) is 20.4 Å². The first-order valence-electron chi connectivity index (χ1n) is 22.0. The van der Waals surface area contributed by atoms with Crippen molar-refractivity contribution in [2.45, 2.75) is 168 Å². The van der Waals surface area contributed by atoms with Crippen molar-refractivity contribution in [3.8, 4) is 0 Å². The molecule has 8 aliphatic rings. The molecule has 2 N–H and O–H groups in total. The van der Waals surface area contributed by atoms with E-state index in [2.05, 4.69) is 31.4 Å². The molecule has 0 aromatic heterocycles. The minimum absolute atomic E-state index is 0.0227. The number of nitrogens with one attached hydrogen (secondary N) is 2. The Morgan fingerprint density at radius 2 is 1.63 bits per heavy atom. The fraction of sp³-hybridized carbons (Fsp3) is 0.773. The lowest BCUT2D eigenvalue weighted by Crippen LogP contribution is -2.65. The summed E-state index contributed by atoms with van der Waals surface area (Å²) < 4.78 is 25.4. The lowest BCUT2D eigenvalue weighted by atomic mass is 9.43. The van der Waals surface area contributed by atoms with Crippen LogP contribution in [0.2, 0.25) is 0 Å². The average Bonchev–Trinajstić information content (AvgIpc) is 3.88. The smallest absolute Gasteiger partial charge is 0.449 e. The maximum Gasteiger partial charge on any atom is 0.481 e. The van der Waals surface area contributed by atoms with Gasteiger partial charge in [0.05, 0.1) is 30.8 Å². The van der Waals surface area contributed by atoms with E-state index >= 15 is 0 Å². The Morgan fingerprint density at radius 3 is 2.26 bits per heavy atom. The molecule has 57 heavy (non-hydrogen) atoms. The second kappa shape index (κ2) is 15.7. The fourth-order valence-corrected chi connectivity index (χ4v) is 11.2. The molecule has 312 valence electrons. The Kier molecular flexibility index (Phi) is 11.1. The van der Waals surface area contributed by atoms with Crippen LogP contribution in [0.25, 0.3) is 0 Å². The van der Waals surface area contributed by atoms with E-state index in [0.29, 0.717) is 30.8 Å². The first-order chi connectivity index (χ1) is 27.1. The van der Waals surface area contributed by atoms with Gasteiger partial charge in [-0.2, -0.15) is 0 Å². The Balaban J connectivity index is 1.02. The summed E-state index contributed by atoms with van der Waals surface area (Å²) in [6.45, 7) is 14.0. The highest BCUT2D eigenvalue weighted by Crippen LogP contribution is 2.66. The first kappa shape index (κ1) is 40.5. The summed E-state index contributed by atoms with van der Waals surface area (Å²) in [5, 5.41) is 6.29. The topological polar surface area (TPSA) is 136 Å². The van der Waals surface area contributed by atoms with Crippen LogP contribution >= 0.6 is 0 Å². The van der Waals surface area contributed by atoms with Gasteiger partial charge in [0.15, 0.2) is 0 Å². The van der Waals surface area contributed by atoms with E-state index in [0.717, 1.165) is 75.3 Å². The molecule has 2 bridgehead atoms. The summed E-state index contributed by atoms with van der Waals surface area (Å²) in [5.74, 6) is 0.300. The molecule has 5 saturated carbocycles. The Hall–Kier alpha value is -3.32. The number of benzene rings is 1. The van der Waals surface area contributed by atoms with Gasteiger partial charge in [-0.15, -0.1) is 0 Å². The zero-order valence-corrected chi connectivity index (χ0v) is 35.1. The van der Waals surface area contributed by atoms with Gasteiger partial charge < -0.3 is 34.3 Å². The summed E-state index contributed by atoms with van der Waals surface area (Å²) in [4.78, 5) is 59.8. The van der Waals surface area contributed by atoms with Crippen LogP contribution < -0.4 is 10.6 Å². The van der Waals surface area contributed by atoms with E-state index in [-0.39, 0.29) is 54.2 Å². The van der Waals surface area contributed by atoms with E-state index in [9.17, 15) is 19.2 Å². The van der Waals surface area contributed by atoms with Crippen LogP contribution in [-0.4, -0.2) is 89.9 Å². The van der Waals surface area contributed by atoms with Crippen LogP contribution in [0.1, 0.15) is 130 Å². The van der Waals surface area contributed by atoms with E-state index in [1.807, 2.05) is 45.0 Å². The van der Waals surface area contributed by atoms with Crippen molar-refractivity contribution in [2.75, 3.05) is 13.2 Å². The molecule has 9 rings (SSSR count). The summed E-state index contributed by atoms with van der Waals surface area (Å²) in [6, 6.07) is 6.16. The third kappa shape index (κ3) is 8.17. The summed E-state index contributed by atoms with van der Waals surface area (Å²) in [7, 11) is -0.593. The number of nitrogens with zero attached hydrogens (tertiary/aromatic N) is 2. The lowest BCUT2D eigenvalue weighted by Gasteiger charge is -2.64. The van der Waals surface area contributed by atoms with E-state index in [1.165, 1.54) is 6.42 Å². The number of carbonyl (C=O) groups excluding carboxylic acids is 4. The zero-order valence-electron chi connectivity index (χ0n) is 35.1. The van der Waals surface area contributed by atoms with E-state index < -0.39 is 49.0 Å². The maximum absolute atomic E-state index is 14.9. The van der Waals surface area contributed by atoms with Crippen LogP contribution in [0.3, 0.4) is 0 Å². The molecule has 7 fully saturated rings. The Morgan fingerprint density at radius 1 is 0.930 bits per heavy atom. The Labute approximate surface area is 339 Å². The summed E-state index contributed by atoms with van der Waals surface area (Å²) in [6.07, 6.45) is 9.06. The van der Waals surface area contributed by atoms with Gasteiger partial charge in [-0.25, -0.2) is 9.59 Å². The molecule has 0 spiro atoms. The number of hydrogen-bond acceptors (Lipinski definition) is 8. The second-order valence-corrected chi connectivity index (χ2v) is 20.5. The molecular formula is C44H65BN4O8. The van der Waals surface area contributed by atoms with Gasteiger partial charge in [-0.3, -0.25) is 14.5 Å². The fourth-order valence-electron chi connectivity index (χ4n) is 11.2. The lowest BCUT2D eigenvalue weighted by molar-refractivity contribution is -0.199. The molecule has 8 atom stereocenters. The molecule has 4 unspecified atom stereocenters. The summed E-state index contributed by atoms with van der Waals surface area (Å²) in [5.41, 5.74) is 1.68. The van der Waals surface area contributed by atoms with Crippen molar-refractivity contribution in [1.29, 1.82) is 0 Å². The molecule has 12 nitrogen and oxygen atoms in total. The van der Waals surface area contributed by atoms with Gasteiger partial charge in [-0.05, 0) is 84.7 Å². The van der Waals surface area contributed by atoms with Crippen LogP contribution in [0.5, 0.6) is 0 Å². The van der Waals surface area contributed by atoms with Crippen molar-refractivity contribution in [2.24, 2.45) is 34.5 Å². The minimum atomic E-state index is -0.917. The second-order valence-electron chi connectivity index (χ2n) is 20.5. The predicted molar refractivity (Wildman–Crippen MR) is 214 cm³/mol. The van der Waals surface area contributed by atoms with Crippen molar-refractivity contribution >= 4 is 31.1 Å². The third-order valence-corrected chi connectivity index (χ3v) is 14.9. The number of rotatable bonds is 10. The molecular weight excluding hydrogens is 723 g/mol. The number of likely N-dealkylation sites (tertiary alicyclic amines) is 1. The quantitative estimate of drug-likeness (QED) is 0.248. The van der Waals surface area contributed by atoms with Gasteiger partial charge >= 0.3 is 19.3 Å². The van der Waals surface area contributed by atoms with Crippen LogP contribution in [0.4, 0.5) is 9.59 Å². The third-order valence-electron chi connectivity index (χ3n) is 14.9. The number of fused-ring (bicyclic) bond motifs is 1. The molecule has 4 amide bonds. The van der Waals surface area contributed by atoms with Gasteiger partial charge in [0, 0.05) is 19.5 Å². The van der Waals surface area contributed by atoms with E-state index in [4.69, 9.17) is 18.8 Å². The maximum atomic E-state index is 14.9. The molecule has 3 heterocycles. The molecule has 3 aliphatic heterocycles. The number of carbonyl (C=O) groups is 4. The normalized spacial score (nSPS) is 31.7. The molecule has 5 aliphatic carbocycles. The van der Waals surface area contributed by atoms with E-state index in [1.54, 1.807) is 9.80 Å².